The van der Waals surface area contributed by atoms with Gasteiger partial charge in [-0.05, 0) is 25.1 Å². The van der Waals surface area contributed by atoms with Gasteiger partial charge in [0.15, 0.2) is 5.96 Å². The molecule has 0 aliphatic carbocycles. The standard InChI is InChI=1S/C14H17ClN4OS/c1-9-8-19(4-5-20-9)14(16)17-7-13-18-11-6-10(15)2-3-12(11)21-13/h2-3,6,9H,4-5,7-8H2,1H3,(H2,16,17). The third-order valence-corrected chi connectivity index (χ3v) is 4.59. The van der Waals surface area contributed by atoms with Crippen molar-refractivity contribution in [3.63, 3.8) is 0 Å². The molecule has 5 nitrogen and oxygen atoms in total. The molecule has 0 radical (unpaired) electrons. The summed E-state index contributed by atoms with van der Waals surface area (Å²) in [6.07, 6.45) is 0.192. The first kappa shape index (κ1) is 14.6. The Bertz CT molecular complexity index is 672. The zero-order valence-corrected chi connectivity index (χ0v) is 13.3. The van der Waals surface area contributed by atoms with Gasteiger partial charge in [0.1, 0.15) is 5.01 Å². The highest BCUT2D eigenvalue weighted by Gasteiger charge is 2.18. The molecule has 21 heavy (non-hydrogen) atoms. The van der Waals surface area contributed by atoms with E-state index in [-0.39, 0.29) is 6.10 Å². The predicted molar refractivity (Wildman–Crippen MR) is 86.9 cm³/mol. The third-order valence-electron chi connectivity index (χ3n) is 3.34. The summed E-state index contributed by atoms with van der Waals surface area (Å²) in [6, 6.07) is 5.72. The number of morpholine rings is 1. The third kappa shape index (κ3) is 3.45. The van der Waals surface area contributed by atoms with Crippen molar-refractivity contribution in [2.24, 2.45) is 10.7 Å². The second-order valence-corrected chi connectivity index (χ2v) is 6.57. The summed E-state index contributed by atoms with van der Waals surface area (Å²) >= 11 is 7.59. The minimum absolute atomic E-state index is 0.192. The fraction of sp³-hybridized carbons (Fsp3) is 0.429. The van der Waals surface area contributed by atoms with E-state index in [4.69, 9.17) is 22.1 Å². The van der Waals surface area contributed by atoms with Gasteiger partial charge in [-0.1, -0.05) is 11.6 Å². The first-order chi connectivity index (χ1) is 10.1. The number of aliphatic imine (C=N–C) groups is 1. The molecule has 2 N–H and O–H groups in total. The van der Waals surface area contributed by atoms with Gasteiger partial charge in [-0.2, -0.15) is 0 Å². The van der Waals surface area contributed by atoms with Crippen LogP contribution in [0, 0.1) is 0 Å². The van der Waals surface area contributed by atoms with Gasteiger partial charge in [0.25, 0.3) is 0 Å². The van der Waals surface area contributed by atoms with Gasteiger partial charge in [0, 0.05) is 18.1 Å². The first-order valence-electron chi connectivity index (χ1n) is 6.83. The smallest absolute Gasteiger partial charge is 0.191 e. The maximum atomic E-state index is 6.05. The van der Waals surface area contributed by atoms with Crippen LogP contribution in [0.3, 0.4) is 0 Å². The van der Waals surface area contributed by atoms with Crippen molar-refractivity contribution in [1.29, 1.82) is 0 Å². The number of halogens is 1. The van der Waals surface area contributed by atoms with Crippen LogP contribution in [-0.4, -0.2) is 41.6 Å². The second kappa shape index (κ2) is 6.17. The van der Waals surface area contributed by atoms with Gasteiger partial charge in [-0.25, -0.2) is 9.98 Å². The molecule has 0 bridgehead atoms. The Balaban J connectivity index is 1.71. The molecule has 1 aromatic carbocycles. The lowest BCUT2D eigenvalue weighted by atomic mass is 10.3. The average Bonchev–Trinajstić information content (AvgIpc) is 2.86. The molecule has 1 aliphatic rings. The number of guanidine groups is 1. The van der Waals surface area contributed by atoms with Crippen molar-refractivity contribution in [3.05, 3.63) is 28.2 Å². The molecule has 0 amide bonds. The van der Waals surface area contributed by atoms with Crippen molar-refractivity contribution in [1.82, 2.24) is 9.88 Å². The van der Waals surface area contributed by atoms with Crippen molar-refractivity contribution >= 4 is 39.1 Å². The number of ether oxygens (including phenoxy) is 1. The molecule has 2 heterocycles. The van der Waals surface area contributed by atoms with Gasteiger partial charge in [-0.15, -0.1) is 11.3 Å². The molecule has 1 aromatic heterocycles. The fourth-order valence-corrected chi connectivity index (χ4v) is 3.33. The lowest BCUT2D eigenvalue weighted by molar-refractivity contribution is 0.00529. The monoisotopic (exact) mass is 324 g/mol. The molecular formula is C14H17ClN4OS. The Morgan fingerprint density at radius 1 is 1.62 bits per heavy atom. The maximum absolute atomic E-state index is 6.05. The van der Waals surface area contributed by atoms with Crippen LogP contribution in [0.4, 0.5) is 0 Å². The molecule has 1 aliphatic heterocycles. The van der Waals surface area contributed by atoms with Crippen LogP contribution in [0.15, 0.2) is 23.2 Å². The Labute approximate surface area is 132 Å². The molecule has 7 heteroatoms. The zero-order valence-electron chi connectivity index (χ0n) is 11.8. The number of rotatable bonds is 2. The predicted octanol–water partition coefficient (Wildman–Crippen LogP) is 2.49. The van der Waals surface area contributed by atoms with E-state index in [1.54, 1.807) is 11.3 Å². The number of fused-ring (bicyclic) bond motifs is 1. The van der Waals surface area contributed by atoms with E-state index in [1.807, 2.05) is 25.1 Å². The van der Waals surface area contributed by atoms with E-state index in [9.17, 15) is 0 Å². The van der Waals surface area contributed by atoms with Crippen LogP contribution >= 0.6 is 22.9 Å². The number of hydrogen-bond donors (Lipinski definition) is 1. The van der Waals surface area contributed by atoms with Crippen molar-refractivity contribution in [2.75, 3.05) is 19.7 Å². The lowest BCUT2D eigenvalue weighted by Gasteiger charge is -2.31. The number of aromatic nitrogens is 1. The van der Waals surface area contributed by atoms with Gasteiger partial charge >= 0.3 is 0 Å². The molecule has 3 rings (SSSR count). The van der Waals surface area contributed by atoms with Crippen molar-refractivity contribution < 1.29 is 4.74 Å². The minimum Gasteiger partial charge on any atom is -0.375 e. The average molecular weight is 325 g/mol. The molecule has 1 fully saturated rings. The molecule has 0 saturated carbocycles. The van der Waals surface area contributed by atoms with E-state index in [0.717, 1.165) is 28.3 Å². The Kier molecular flexibility index (Phi) is 4.28. The number of thiazole rings is 1. The number of benzene rings is 1. The second-order valence-electron chi connectivity index (χ2n) is 5.02. The molecule has 1 atom stereocenters. The fourth-order valence-electron chi connectivity index (χ4n) is 2.29. The largest absolute Gasteiger partial charge is 0.375 e. The summed E-state index contributed by atoms with van der Waals surface area (Å²) in [7, 11) is 0. The van der Waals surface area contributed by atoms with Crippen LogP contribution in [0.5, 0.6) is 0 Å². The Morgan fingerprint density at radius 3 is 3.29 bits per heavy atom. The van der Waals surface area contributed by atoms with Crippen molar-refractivity contribution in [3.8, 4) is 0 Å². The van der Waals surface area contributed by atoms with E-state index in [1.165, 1.54) is 0 Å². The zero-order chi connectivity index (χ0) is 14.8. The molecule has 0 spiro atoms. The molecule has 1 unspecified atom stereocenters. The summed E-state index contributed by atoms with van der Waals surface area (Å²) in [5.74, 6) is 0.558. The summed E-state index contributed by atoms with van der Waals surface area (Å²) in [5, 5.41) is 1.64. The highest BCUT2D eigenvalue weighted by Crippen LogP contribution is 2.25. The highest BCUT2D eigenvalue weighted by atomic mass is 35.5. The Hall–Kier alpha value is -1.37. The van der Waals surface area contributed by atoms with E-state index in [0.29, 0.717) is 24.1 Å². The lowest BCUT2D eigenvalue weighted by Crippen LogP contribution is -2.47. The van der Waals surface area contributed by atoms with Crippen LogP contribution < -0.4 is 5.73 Å². The maximum Gasteiger partial charge on any atom is 0.191 e. The summed E-state index contributed by atoms with van der Waals surface area (Å²) in [4.78, 5) is 11.0. The molecule has 1 saturated heterocycles. The highest BCUT2D eigenvalue weighted by molar-refractivity contribution is 7.18. The van der Waals surface area contributed by atoms with Crippen LogP contribution in [-0.2, 0) is 11.3 Å². The molecular weight excluding hydrogens is 308 g/mol. The molecule has 112 valence electrons. The number of nitrogens with two attached hydrogens (primary N) is 1. The van der Waals surface area contributed by atoms with Crippen LogP contribution in [0.2, 0.25) is 5.02 Å². The number of hydrogen-bond acceptors (Lipinski definition) is 4. The van der Waals surface area contributed by atoms with Gasteiger partial charge < -0.3 is 15.4 Å². The SMILES string of the molecule is CC1CN(C(N)=NCc2nc3cc(Cl)ccc3s2)CCO1. The van der Waals surface area contributed by atoms with Gasteiger partial charge in [-0.3, -0.25) is 0 Å². The van der Waals surface area contributed by atoms with Gasteiger partial charge in [0.2, 0.25) is 0 Å². The summed E-state index contributed by atoms with van der Waals surface area (Å²) < 4.78 is 6.61. The summed E-state index contributed by atoms with van der Waals surface area (Å²) in [6.45, 7) is 4.79. The quantitative estimate of drug-likeness (QED) is 0.681. The van der Waals surface area contributed by atoms with Crippen molar-refractivity contribution in [2.45, 2.75) is 19.6 Å². The van der Waals surface area contributed by atoms with Crippen LogP contribution in [0.25, 0.3) is 10.2 Å². The van der Waals surface area contributed by atoms with Crippen LogP contribution in [0.1, 0.15) is 11.9 Å². The normalized spacial score (nSPS) is 20.2. The molecule has 2 aromatic rings. The number of nitrogens with zero attached hydrogens (tertiary/aromatic N) is 3. The topological polar surface area (TPSA) is 63.7 Å². The van der Waals surface area contributed by atoms with E-state index < -0.39 is 0 Å². The van der Waals surface area contributed by atoms with Gasteiger partial charge in [0.05, 0.1) is 29.5 Å². The first-order valence-corrected chi connectivity index (χ1v) is 8.03. The Morgan fingerprint density at radius 2 is 2.48 bits per heavy atom. The van der Waals surface area contributed by atoms with E-state index in [2.05, 4.69) is 14.9 Å². The van der Waals surface area contributed by atoms with E-state index >= 15 is 0 Å². The summed E-state index contributed by atoms with van der Waals surface area (Å²) in [5.41, 5.74) is 6.97. The minimum atomic E-state index is 0.192.